The Balaban J connectivity index is 1.22. The third-order valence-electron chi connectivity index (χ3n) is 7.71. The molecule has 1 saturated heterocycles. The van der Waals surface area contributed by atoms with Gasteiger partial charge in [0.1, 0.15) is 5.75 Å². The number of H-pyrrole nitrogens is 1. The van der Waals surface area contributed by atoms with E-state index in [1.165, 1.54) is 63.9 Å². The number of amides is 1. The molecule has 1 saturated carbocycles. The maximum Gasteiger partial charge on any atom is 0.248 e. The molecule has 1 aromatic heterocycles. The van der Waals surface area contributed by atoms with Gasteiger partial charge in [-0.25, -0.2) is 0 Å². The number of benzene rings is 1. The van der Waals surface area contributed by atoms with Gasteiger partial charge < -0.3 is 19.9 Å². The van der Waals surface area contributed by atoms with Crippen LogP contribution in [0.5, 0.6) is 5.75 Å². The van der Waals surface area contributed by atoms with Gasteiger partial charge in [0.2, 0.25) is 11.5 Å². The van der Waals surface area contributed by atoms with E-state index in [0.29, 0.717) is 30.9 Å². The summed E-state index contributed by atoms with van der Waals surface area (Å²) in [6.07, 6.45) is 15.2. The van der Waals surface area contributed by atoms with E-state index in [9.17, 15) is 9.59 Å². The van der Waals surface area contributed by atoms with E-state index >= 15 is 0 Å². The predicted molar refractivity (Wildman–Crippen MR) is 142 cm³/mol. The molecule has 1 amide bonds. The molecule has 2 fully saturated rings. The van der Waals surface area contributed by atoms with Crippen molar-refractivity contribution in [2.24, 2.45) is 5.92 Å². The summed E-state index contributed by atoms with van der Waals surface area (Å²) >= 11 is 0. The smallest absolute Gasteiger partial charge is 0.248 e. The number of carbonyl (C=O) groups is 1. The molecular weight excluding hydrogens is 438 g/mol. The number of fused-ring (bicyclic) bond motifs is 1. The van der Waals surface area contributed by atoms with Crippen LogP contribution in [0.2, 0.25) is 0 Å². The van der Waals surface area contributed by atoms with Crippen LogP contribution in [0.1, 0.15) is 83.5 Å². The Morgan fingerprint density at radius 2 is 1.80 bits per heavy atom. The van der Waals surface area contributed by atoms with E-state index < -0.39 is 0 Å². The van der Waals surface area contributed by atoms with Crippen molar-refractivity contribution in [3.63, 3.8) is 0 Å². The second kappa shape index (κ2) is 13.7. The molecule has 2 heterocycles. The first kappa shape index (κ1) is 25.7. The molecule has 0 radical (unpaired) electrons. The summed E-state index contributed by atoms with van der Waals surface area (Å²) in [5, 5.41) is 4.55. The zero-order chi connectivity index (χ0) is 24.3. The zero-order valence-corrected chi connectivity index (χ0v) is 21.2. The molecule has 2 aliphatic rings. The summed E-state index contributed by atoms with van der Waals surface area (Å²) in [5.74, 6) is 1.78. The highest BCUT2D eigenvalue weighted by Crippen LogP contribution is 2.24. The number of rotatable bonds is 11. The van der Waals surface area contributed by atoms with Crippen molar-refractivity contribution < 1.29 is 9.53 Å². The van der Waals surface area contributed by atoms with Gasteiger partial charge >= 0.3 is 0 Å². The Morgan fingerprint density at radius 3 is 2.60 bits per heavy atom. The van der Waals surface area contributed by atoms with E-state index in [2.05, 4.69) is 15.2 Å². The largest absolute Gasteiger partial charge is 0.494 e. The summed E-state index contributed by atoms with van der Waals surface area (Å²) in [6, 6.07) is 9.63. The minimum atomic E-state index is -0.0982. The third kappa shape index (κ3) is 8.38. The van der Waals surface area contributed by atoms with Crippen LogP contribution < -0.4 is 15.6 Å². The fourth-order valence-corrected chi connectivity index (χ4v) is 5.62. The molecule has 35 heavy (non-hydrogen) atoms. The molecule has 1 aliphatic carbocycles. The van der Waals surface area contributed by atoms with Crippen LogP contribution >= 0.6 is 0 Å². The van der Waals surface area contributed by atoms with E-state index in [1.54, 1.807) is 0 Å². The Bertz CT molecular complexity index is 975. The lowest BCUT2D eigenvalue weighted by Crippen LogP contribution is -2.38. The molecule has 4 rings (SSSR count). The van der Waals surface area contributed by atoms with E-state index in [-0.39, 0.29) is 5.56 Å². The lowest BCUT2D eigenvalue weighted by molar-refractivity contribution is -0.132. The Kier molecular flexibility index (Phi) is 10.1. The van der Waals surface area contributed by atoms with Gasteiger partial charge in [0.25, 0.3) is 0 Å². The quantitative estimate of drug-likeness (QED) is 0.421. The summed E-state index contributed by atoms with van der Waals surface area (Å²) in [7, 11) is 0. The highest BCUT2D eigenvalue weighted by Gasteiger charge is 2.22. The summed E-state index contributed by atoms with van der Waals surface area (Å²) in [6.45, 7) is 3.55. The van der Waals surface area contributed by atoms with Crippen molar-refractivity contribution >= 4 is 16.8 Å². The Labute approximate surface area is 209 Å². The topological polar surface area (TPSA) is 74.4 Å². The molecule has 0 spiro atoms. The van der Waals surface area contributed by atoms with Crippen LogP contribution in [0.25, 0.3) is 10.9 Å². The number of nitrogens with one attached hydrogen (secondary N) is 2. The maximum atomic E-state index is 13.2. The molecule has 1 aliphatic heterocycles. The van der Waals surface area contributed by atoms with E-state index in [0.717, 1.165) is 55.5 Å². The summed E-state index contributed by atoms with van der Waals surface area (Å²) in [4.78, 5) is 29.7. The second-order valence-electron chi connectivity index (χ2n) is 10.5. The number of hydrogen-bond acceptors (Lipinski definition) is 4. The van der Waals surface area contributed by atoms with Crippen LogP contribution in [0.4, 0.5) is 0 Å². The lowest BCUT2D eigenvalue weighted by Gasteiger charge is -2.30. The van der Waals surface area contributed by atoms with Crippen molar-refractivity contribution in [1.29, 1.82) is 0 Å². The number of nitrogens with zero attached hydrogens (tertiary/aromatic N) is 1. The van der Waals surface area contributed by atoms with Gasteiger partial charge in [0.05, 0.1) is 6.61 Å². The van der Waals surface area contributed by atoms with Gasteiger partial charge in [0, 0.05) is 42.5 Å². The van der Waals surface area contributed by atoms with Crippen LogP contribution in [-0.4, -0.2) is 48.1 Å². The molecule has 1 aromatic carbocycles. The van der Waals surface area contributed by atoms with Crippen molar-refractivity contribution in [3.8, 4) is 5.75 Å². The van der Waals surface area contributed by atoms with Crippen molar-refractivity contribution in [2.45, 2.75) is 89.5 Å². The van der Waals surface area contributed by atoms with Crippen molar-refractivity contribution in [1.82, 2.24) is 15.2 Å². The predicted octanol–water partition coefficient (Wildman–Crippen LogP) is 5.41. The second-order valence-corrected chi connectivity index (χ2v) is 10.5. The fraction of sp³-hybridized carbons (Fsp3) is 0.655. The molecule has 0 bridgehead atoms. The first-order valence-corrected chi connectivity index (χ1v) is 13.9. The minimum Gasteiger partial charge on any atom is -0.494 e. The summed E-state index contributed by atoms with van der Waals surface area (Å²) < 4.78 is 5.92. The minimum absolute atomic E-state index is 0.0982. The highest BCUT2D eigenvalue weighted by molar-refractivity contribution is 5.79. The molecule has 192 valence electrons. The van der Waals surface area contributed by atoms with Gasteiger partial charge in [-0.2, -0.15) is 0 Å². The molecule has 1 unspecified atom stereocenters. The molecular formula is C29H43N3O3. The third-order valence-corrected chi connectivity index (χ3v) is 7.71. The fourth-order valence-electron chi connectivity index (χ4n) is 5.62. The normalized spacial score (nSPS) is 19.4. The average Bonchev–Trinajstić information content (AvgIpc) is 3.36. The number of aromatic nitrogens is 1. The molecule has 2 aromatic rings. The first-order chi connectivity index (χ1) is 17.2. The lowest BCUT2D eigenvalue weighted by atomic mass is 9.90. The van der Waals surface area contributed by atoms with Crippen LogP contribution in [0.15, 0.2) is 35.1 Å². The van der Waals surface area contributed by atoms with Gasteiger partial charge in [-0.1, -0.05) is 32.1 Å². The van der Waals surface area contributed by atoms with Gasteiger partial charge in [-0.15, -0.1) is 0 Å². The van der Waals surface area contributed by atoms with Gasteiger partial charge in [-0.05, 0) is 81.7 Å². The van der Waals surface area contributed by atoms with Gasteiger partial charge in [-0.3, -0.25) is 9.59 Å². The van der Waals surface area contributed by atoms with E-state index in [4.69, 9.17) is 4.74 Å². The molecule has 1 atom stereocenters. The first-order valence-electron chi connectivity index (χ1n) is 13.9. The number of pyridine rings is 1. The van der Waals surface area contributed by atoms with Crippen LogP contribution in [-0.2, 0) is 4.79 Å². The molecule has 6 heteroatoms. The van der Waals surface area contributed by atoms with Crippen LogP contribution in [0.3, 0.4) is 0 Å². The average molecular weight is 482 g/mol. The SMILES string of the molecule is O=C(CCCCOc1ccc2[nH]c(=O)ccc2c1)N(CCC1CCCN1)CC1CCCCCCC1. The van der Waals surface area contributed by atoms with Crippen molar-refractivity contribution in [2.75, 3.05) is 26.2 Å². The Hall–Kier alpha value is -2.34. The maximum absolute atomic E-state index is 13.2. The van der Waals surface area contributed by atoms with Gasteiger partial charge in [0.15, 0.2) is 0 Å². The monoisotopic (exact) mass is 481 g/mol. The van der Waals surface area contributed by atoms with Crippen molar-refractivity contribution in [3.05, 3.63) is 40.7 Å². The highest BCUT2D eigenvalue weighted by atomic mass is 16.5. The number of hydrogen-bond donors (Lipinski definition) is 2. The standard InChI is InChI=1S/C29H43N3O3/c33-28-16-13-24-21-26(14-15-27(24)31-28)35-20-7-6-12-29(34)32(19-17-25-11-8-18-30-25)22-23-9-4-2-1-3-5-10-23/h13-16,21,23,25,30H,1-12,17-20,22H2,(H,31,33). The Morgan fingerprint density at radius 1 is 0.971 bits per heavy atom. The number of carbonyl (C=O) groups excluding carboxylic acids is 1. The number of unbranched alkanes of at least 4 members (excludes halogenated alkanes) is 1. The molecule has 2 N–H and O–H groups in total. The number of ether oxygens (including phenoxy) is 1. The molecule has 6 nitrogen and oxygen atoms in total. The number of aromatic amines is 1. The van der Waals surface area contributed by atoms with E-state index in [1.807, 2.05) is 24.3 Å². The van der Waals surface area contributed by atoms with Crippen LogP contribution in [0, 0.1) is 5.92 Å². The summed E-state index contributed by atoms with van der Waals surface area (Å²) in [5.41, 5.74) is 0.714. The zero-order valence-electron chi connectivity index (χ0n) is 21.2.